The second kappa shape index (κ2) is 9.41. The molecule has 2 aromatic carbocycles. The highest BCUT2D eigenvalue weighted by Crippen LogP contribution is 2.41. The maximum Gasteiger partial charge on any atom is 0.355 e. The third kappa shape index (κ3) is 4.31. The summed E-state index contributed by atoms with van der Waals surface area (Å²) >= 11 is 0. The van der Waals surface area contributed by atoms with Crippen LogP contribution in [0.5, 0.6) is 0 Å². The van der Waals surface area contributed by atoms with Crippen LogP contribution in [-0.2, 0) is 9.47 Å². The second-order valence-corrected chi connectivity index (χ2v) is 7.59. The van der Waals surface area contributed by atoms with E-state index in [4.69, 9.17) is 9.47 Å². The Hall–Kier alpha value is -3.72. The molecular formula is C25H23NO7. The van der Waals surface area contributed by atoms with Gasteiger partial charge in [0, 0.05) is 11.1 Å². The van der Waals surface area contributed by atoms with E-state index in [-0.39, 0.29) is 22.5 Å². The average molecular weight is 449 g/mol. The van der Waals surface area contributed by atoms with Crippen molar-refractivity contribution in [3.8, 4) is 11.1 Å². The number of aromatic nitrogens is 1. The highest BCUT2D eigenvalue weighted by molar-refractivity contribution is 6.02. The minimum Gasteiger partial charge on any atom is -0.464 e. The Kier molecular flexibility index (Phi) is 6.41. The van der Waals surface area contributed by atoms with Crippen molar-refractivity contribution in [3.63, 3.8) is 0 Å². The molecule has 4 unspecified atom stereocenters. The molecule has 3 aromatic rings. The number of hydrogen-bond donors (Lipinski definition) is 4. The molecule has 8 nitrogen and oxygen atoms in total. The van der Waals surface area contributed by atoms with Crippen LogP contribution in [0.25, 0.3) is 17.2 Å². The van der Waals surface area contributed by atoms with Gasteiger partial charge in [0.1, 0.15) is 29.7 Å². The fraction of sp³-hybridized carbons (Fsp3) is 0.200. The van der Waals surface area contributed by atoms with Gasteiger partial charge in [0.15, 0.2) is 6.10 Å². The molecule has 0 saturated heterocycles. The third-order valence-corrected chi connectivity index (χ3v) is 5.52. The molecule has 1 aliphatic rings. The number of aliphatic hydroxyl groups is 3. The van der Waals surface area contributed by atoms with Gasteiger partial charge in [-0.3, -0.25) is 0 Å². The number of aliphatic hydroxyl groups excluding tert-OH is 3. The lowest BCUT2D eigenvalue weighted by Crippen LogP contribution is -2.45. The van der Waals surface area contributed by atoms with E-state index >= 15 is 0 Å². The zero-order chi connectivity index (χ0) is 23.5. The first-order valence-corrected chi connectivity index (χ1v) is 10.3. The number of nitrogens with one attached hydrogen (secondary N) is 1. The number of aromatic amines is 1. The Morgan fingerprint density at radius 3 is 2.36 bits per heavy atom. The van der Waals surface area contributed by atoms with Crippen LogP contribution in [0.1, 0.15) is 38.2 Å². The van der Waals surface area contributed by atoms with Crippen LogP contribution < -0.4 is 0 Å². The highest BCUT2D eigenvalue weighted by Gasteiger charge is 2.45. The normalized spacial score (nSPS) is 19.6. The number of ether oxygens (including phenoxy) is 2. The maximum atomic E-state index is 12.7. The van der Waals surface area contributed by atoms with Crippen LogP contribution in [-0.4, -0.2) is 57.7 Å². The zero-order valence-corrected chi connectivity index (χ0v) is 17.7. The van der Waals surface area contributed by atoms with Gasteiger partial charge in [0.25, 0.3) is 0 Å². The SMILES string of the molecule is COC(=O)c1[nH]c2c(c1-c1ccccc1)C(O)C(C(O)C(O)C=Cc1ccccc1)OC2=O. The number of fused-ring (bicyclic) bond motifs is 1. The Bertz CT molecular complexity index is 1170. The van der Waals surface area contributed by atoms with Crippen LogP contribution >= 0.6 is 0 Å². The molecule has 0 radical (unpaired) electrons. The minimum atomic E-state index is -1.63. The Labute approximate surface area is 189 Å². The fourth-order valence-electron chi connectivity index (χ4n) is 3.88. The summed E-state index contributed by atoms with van der Waals surface area (Å²) in [5.41, 5.74) is 1.59. The largest absolute Gasteiger partial charge is 0.464 e. The predicted molar refractivity (Wildman–Crippen MR) is 119 cm³/mol. The summed E-state index contributed by atoms with van der Waals surface area (Å²) in [7, 11) is 1.20. The lowest BCUT2D eigenvalue weighted by atomic mass is 9.89. The van der Waals surface area contributed by atoms with E-state index in [2.05, 4.69) is 4.98 Å². The first kappa shape index (κ1) is 22.5. The van der Waals surface area contributed by atoms with Crippen molar-refractivity contribution in [2.24, 2.45) is 0 Å². The van der Waals surface area contributed by atoms with E-state index in [1.54, 1.807) is 36.4 Å². The summed E-state index contributed by atoms with van der Waals surface area (Å²) in [4.78, 5) is 27.8. The van der Waals surface area contributed by atoms with Crippen molar-refractivity contribution in [3.05, 3.63) is 89.3 Å². The van der Waals surface area contributed by atoms with Gasteiger partial charge < -0.3 is 29.8 Å². The molecule has 33 heavy (non-hydrogen) atoms. The van der Waals surface area contributed by atoms with E-state index in [1.165, 1.54) is 13.2 Å². The molecule has 1 aliphatic heterocycles. The molecule has 4 atom stereocenters. The number of methoxy groups -OCH3 is 1. The van der Waals surface area contributed by atoms with E-state index < -0.39 is 36.4 Å². The summed E-state index contributed by atoms with van der Waals surface area (Å²) in [6, 6.07) is 17.8. The van der Waals surface area contributed by atoms with Crippen LogP contribution in [0.4, 0.5) is 0 Å². The summed E-state index contributed by atoms with van der Waals surface area (Å²) in [6.07, 6.45) is -3.08. The number of carbonyl (C=O) groups excluding carboxylic acids is 2. The van der Waals surface area contributed by atoms with Gasteiger partial charge in [-0.25, -0.2) is 9.59 Å². The Balaban J connectivity index is 1.71. The van der Waals surface area contributed by atoms with E-state index in [0.29, 0.717) is 5.56 Å². The quantitative estimate of drug-likeness (QED) is 0.426. The average Bonchev–Trinajstić information content (AvgIpc) is 3.26. The Morgan fingerprint density at radius 2 is 1.73 bits per heavy atom. The van der Waals surface area contributed by atoms with E-state index in [9.17, 15) is 24.9 Å². The second-order valence-electron chi connectivity index (χ2n) is 7.59. The topological polar surface area (TPSA) is 129 Å². The van der Waals surface area contributed by atoms with Gasteiger partial charge in [-0.2, -0.15) is 0 Å². The first-order chi connectivity index (χ1) is 15.9. The standard InChI is InChI=1S/C25H23NO7/c1-32-24(30)19-17(15-10-6-3-7-11-15)18-20(26-19)25(31)33-23(22(18)29)21(28)16(27)13-12-14-8-4-2-5-9-14/h2-13,16,21-23,26-29H,1H3. The van der Waals surface area contributed by atoms with Crippen molar-refractivity contribution < 1.29 is 34.4 Å². The summed E-state index contributed by atoms with van der Waals surface area (Å²) in [6.45, 7) is 0. The van der Waals surface area contributed by atoms with E-state index in [1.807, 2.05) is 30.3 Å². The number of cyclic esters (lactones) is 1. The third-order valence-electron chi connectivity index (χ3n) is 5.52. The summed E-state index contributed by atoms with van der Waals surface area (Å²) < 4.78 is 10.1. The number of benzene rings is 2. The van der Waals surface area contributed by atoms with Crippen LogP contribution in [0, 0.1) is 0 Å². The fourth-order valence-corrected chi connectivity index (χ4v) is 3.88. The number of H-pyrrole nitrogens is 1. The number of hydrogen-bond acceptors (Lipinski definition) is 7. The number of carbonyl (C=O) groups is 2. The number of esters is 2. The van der Waals surface area contributed by atoms with Crippen LogP contribution in [0.3, 0.4) is 0 Å². The molecule has 8 heteroatoms. The van der Waals surface area contributed by atoms with Gasteiger partial charge in [0.2, 0.25) is 0 Å². The molecule has 2 heterocycles. The lowest BCUT2D eigenvalue weighted by molar-refractivity contribution is -0.109. The van der Waals surface area contributed by atoms with Crippen molar-refractivity contribution in [2.75, 3.05) is 7.11 Å². The van der Waals surface area contributed by atoms with Gasteiger partial charge in [-0.1, -0.05) is 72.8 Å². The van der Waals surface area contributed by atoms with Gasteiger partial charge in [-0.15, -0.1) is 0 Å². The predicted octanol–water partition coefficient (Wildman–Crippen LogP) is 2.48. The van der Waals surface area contributed by atoms with Crippen molar-refractivity contribution in [2.45, 2.75) is 24.4 Å². The molecule has 0 amide bonds. The molecule has 1 aromatic heterocycles. The van der Waals surface area contributed by atoms with Crippen molar-refractivity contribution in [1.82, 2.24) is 4.98 Å². The number of rotatable bonds is 6. The molecule has 0 saturated carbocycles. The molecule has 0 bridgehead atoms. The summed E-state index contributed by atoms with van der Waals surface area (Å²) in [5.74, 6) is -1.60. The Morgan fingerprint density at radius 1 is 1.09 bits per heavy atom. The van der Waals surface area contributed by atoms with Crippen LogP contribution in [0.15, 0.2) is 66.7 Å². The van der Waals surface area contributed by atoms with Crippen molar-refractivity contribution >= 4 is 18.0 Å². The maximum absolute atomic E-state index is 12.7. The van der Waals surface area contributed by atoms with Gasteiger partial charge in [-0.05, 0) is 11.1 Å². The first-order valence-electron chi connectivity index (χ1n) is 10.3. The van der Waals surface area contributed by atoms with E-state index in [0.717, 1.165) is 5.56 Å². The molecular weight excluding hydrogens is 426 g/mol. The smallest absolute Gasteiger partial charge is 0.355 e. The molecule has 4 rings (SSSR count). The summed E-state index contributed by atoms with van der Waals surface area (Å²) in [5, 5.41) is 32.3. The monoisotopic (exact) mass is 449 g/mol. The molecule has 0 fully saturated rings. The highest BCUT2D eigenvalue weighted by atomic mass is 16.6. The van der Waals surface area contributed by atoms with Crippen LogP contribution in [0.2, 0.25) is 0 Å². The lowest BCUT2D eigenvalue weighted by Gasteiger charge is -2.33. The molecule has 0 aliphatic carbocycles. The molecule has 0 spiro atoms. The van der Waals surface area contributed by atoms with Crippen molar-refractivity contribution in [1.29, 1.82) is 0 Å². The molecule has 170 valence electrons. The minimum absolute atomic E-state index is 0.0237. The van der Waals surface area contributed by atoms with Gasteiger partial charge >= 0.3 is 11.9 Å². The molecule has 4 N–H and O–H groups in total. The van der Waals surface area contributed by atoms with Gasteiger partial charge in [0.05, 0.1) is 7.11 Å². The zero-order valence-electron chi connectivity index (χ0n) is 17.7.